The number of rotatable bonds is 5. The highest BCUT2D eigenvalue weighted by atomic mass is 32.2. The van der Waals surface area contributed by atoms with Crippen LogP contribution in [0.5, 0.6) is 0 Å². The van der Waals surface area contributed by atoms with Crippen molar-refractivity contribution in [3.05, 3.63) is 66.1 Å². The van der Waals surface area contributed by atoms with Gasteiger partial charge in [0.2, 0.25) is 11.7 Å². The zero-order valence-corrected chi connectivity index (χ0v) is 21.7. The molecular weight excluding hydrogens is 480 g/mol. The summed E-state index contributed by atoms with van der Waals surface area (Å²) < 4.78 is 36.2. The first-order chi connectivity index (χ1) is 17.0. The van der Waals surface area contributed by atoms with Crippen molar-refractivity contribution in [3.63, 3.8) is 0 Å². The van der Waals surface area contributed by atoms with Crippen molar-refractivity contribution in [3.8, 4) is 11.4 Å². The fraction of sp³-hybridized carbons (Fsp3) is 0.385. The fourth-order valence-electron chi connectivity index (χ4n) is 4.06. The van der Waals surface area contributed by atoms with Crippen LogP contribution in [0.4, 0.5) is 4.79 Å². The van der Waals surface area contributed by atoms with E-state index in [9.17, 15) is 13.2 Å². The lowest BCUT2D eigenvalue weighted by atomic mass is 10.1. The average molecular weight is 511 g/mol. The first kappa shape index (κ1) is 25.6. The number of benzene rings is 2. The Morgan fingerprint density at radius 1 is 1.14 bits per heavy atom. The minimum absolute atomic E-state index is 0.0952. The van der Waals surface area contributed by atoms with Crippen LogP contribution in [0.15, 0.2) is 69.0 Å². The first-order valence-corrected chi connectivity index (χ1v) is 13.4. The zero-order valence-electron chi connectivity index (χ0n) is 20.8. The Morgan fingerprint density at radius 3 is 2.50 bits per heavy atom. The number of aromatic nitrogens is 2. The second-order valence-electron chi connectivity index (χ2n) is 9.72. The highest BCUT2D eigenvalue weighted by molar-refractivity contribution is 7.90. The molecule has 10 heteroatoms. The maximum absolute atomic E-state index is 12.6. The minimum Gasteiger partial charge on any atom is -0.442 e. The van der Waals surface area contributed by atoms with Gasteiger partial charge in [0.05, 0.1) is 10.6 Å². The van der Waals surface area contributed by atoms with Crippen LogP contribution < -0.4 is 0 Å². The number of aliphatic imine (C=N–C) groups is 1. The summed E-state index contributed by atoms with van der Waals surface area (Å²) in [7, 11) is -3.43. The number of amidine groups is 1. The summed E-state index contributed by atoms with van der Waals surface area (Å²) >= 11 is 0. The van der Waals surface area contributed by atoms with E-state index in [1.165, 1.54) is 0 Å². The van der Waals surface area contributed by atoms with Gasteiger partial charge in [-0.3, -0.25) is 0 Å². The standard InChI is InChI=1S/C26H30N4O5S/c1-18(27-25(31)34-26(2,3)4)30-16-8-11-22(30)24-28-23(29-35-24)20-14-12-19(13-15-20)17-36(32,33)21-9-6-5-7-10-21/h5-7,9-10,12-15,22H,8,11,16-17H2,1-4H3/t22-/m0/s1. The largest absolute Gasteiger partial charge is 0.442 e. The van der Waals surface area contributed by atoms with Crippen LogP contribution in [0.1, 0.15) is 58.0 Å². The fourth-order valence-corrected chi connectivity index (χ4v) is 5.43. The van der Waals surface area contributed by atoms with Gasteiger partial charge in [-0.1, -0.05) is 47.6 Å². The second kappa shape index (κ2) is 10.2. The van der Waals surface area contributed by atoms with E-state index in [1.54, 1.807) is 82.3 Å². The van der Waals surface area contributed by atoms with E-state index >= 15 is 0 Å². The first-order valence-electron chi connectivity index (χ1n) is 11.8. The number of hydrogen-bond donors (Lipinski definition) is 0. The summed E-state index contributed by atoms with van der Waals surface area (Å²) in [6, 6.07) is 15.3. The van der Waals surface area contributed by atoms with Crippen molar-refractivity contribution in [1.82, 2.24) is 15.0 Å². The van der Waals surface area contributed by atoms with E-state index in [0.29, 0.717) is 34.6 Å². The highest BCUT2D eigenvalue weighted by Crippen LogP contribution is 2.32. The number of carbonyl (C=O) groups is 1. The lowest BCUT2D eigenvalue weighted by molar-refractivity contribution is 0.0601. The molecule has 2 heterocycles. The molecule has 1 amide bonds. The highest BCUT2D eigenvalue weighted by Gasteiger charge is 2.32. The molecule has 2 aromatic carbocycles. The predicted molar refractivity (Wildman–Crippen MR) is 135 cm³/mol. The van der Waals surface area contributed by atoms with Gasteiger partial charge in [-0.25, -0.2) is 13.2 Å². The quantitative estimate of drug-likeness (QED) is 0.340. The van der Waals surface area contributed by atoms with Crippen LogP contribution in [0.25, 0.3) is 11.4 Å². The topological polar surface area (TPSA) is 115 Å². The molecule has 0 spiro atoms. The molecule has 0 unspecified atom stereocenters. The molecule has 9 nitrogen and oxygen atoms in total. The zero-order chi connectivity index (χ0) is 25.9. The van der Waals surface area contributed by atoms with E-state index in [-0.39, 0.29) is 11.8 Å². The van der Waals surface area contributed by atoms with Crippen LogP contribution >= 0.6 is 0 Å². The van der Waals surface area contributed by atoms with Crippen molar-refractivity contribution in [2.24, 2.45) is 4.99 Å². The lowest BCUT2D eigenvalue weighted by Gasteiger charge is -2.24. The molecule has 1 fully saturated rings. The van der Waals surface area contributed by atoms with Crippen molar-refractivity contribution < 1.29 is 22.5 Å². The number of likely N-dealkylation sites (tertiary alicyclic amines) is 1. The average Bonchev–Trinajstić information content (AvgIpc) is 3.48. The number of carbonyl (C=O) groups excluding carboxylic acids is 1. The molecule has 0 radical (unpaired) electrons. The maximum atomic E-state index is 12.6. The Hall–Kier alpha value is -3.53. The third-order valence-electron chi connectivity index (χ3n) is 5.71. The molecule has 190 valence electrons. The molecule has 0 aliphatic carbocycles. The number of ether oxygens (including phenoxy) is 1. The van der Waals surface area contributed by atoms with Gasteiger partial charge in [0.15, 0.2) is 9.84 Å². The molecule has 3 aromatic rings. The molecule has 1 aromatic heterocycles. The third-order valence-corrected chi connectivity index (χ3v) is 7.42. The maximum Gasteiger partial charge on any atom is 0.435 e. The molecular formula is C26H30N4O5S. The lowest BCUT2D eigenvalue weighted by Crippen LogP contribution is -2.30. The minimum atomic E-state index is -3.43. The number of sulfone groups is 1. The third kappa shape index (κ3) is 6.17. The van der Waals surface area contributed by atoms with Crippen LogP contribution in [0.2, 0.25) is 0 Å². The molecule has 4 rings (SSSR count). The van der Waals surface area contributed by atoms with Gasteiger partial charge in [-0.15, -0.1) is 0 Å². The summed E-state index contributed by atoms with van der Waals surface area (Å²) in [5, 5.41) is 4.12. The van der Waals surface area contributed by atoms with Gasteiger partial charge in [-0.05, 0) is 58.2 Å². The molecule has 0 N–H and O–H groups in total. The Labute approximate surface area is 211 Å². The Balaban J connectivity index is 1.46. The van der Waals surface area contributed by atoms with Gasteiger partial charge < -0.3 is 14.2 Å². The van der Waals surface area contributed by atoms with Gasteiger partial charge in [0.1, 0.15) is 17.5 Å². The van der Waals surface area contributed by atoms with E-state index in [0.717, 1.165) is 18.4 Å². The van der Waals surface area contributed by atoms with Crippen LogP contribution in [0.3, 0.4) is 0 Å². The van der Waals surface area contributed by atoms with E-state index in [4.69, 9.17) is 9.26 Å². The normalized spacial score (nSPS) is 16.8. The van der Waals surface area contributed by atoms with E-state index in [1.807, 2.05) is 4.90 Å². The smallest absolute Gasteiger partial charge is 0.435 e. The van der Waals surface area contributed by atoms with Gasteiger partial charge >= 0.3 is 6.09 Å². The Morgan fingerprint density at radius 2 is 1.83 bits per heavy atom. The Kier molecular flexibility index (Phi) is 7.26. The SMILES string of the molecule is CC(=NC(=O)OC(C)(C)C)N1CCC[C@H]1c1nc(-c2ccc(CS(=O)(=O)c3ccccc3)cc2)no1. The van der Waals surface area contributed by atoms with Crippen molar-refractivity contribution in [1.29, 1.82) is 0 Å². The van der Waals surface area contributed by atoms with Crippen LogP contribution in [-0.2, 0) is 20.3 Å². The molecule has 1 atom stereocenters. The summed E-state index contributed by atoms with van der Waals surface area (Å²) in [4.78, 5) is 23.1. The van der Waals surface area contributed by atoms with E-state index < -0.39 is 21.5 Å². The molecule has 36 heavy (non-hydrogen) atoms. The van der Waals surface area contributed by atoms with Gasteiger partial charge in [-0.2, -0.15) is 9.98 Å². The predicted octanol–water partition coefficient (Wildman–Crippen LogP) is 5.20. The number of nitrogens with zero attached hydrogens (tertiary/aromatic N) is 4. The van der Waals surface area contributed by atoms with Crippen molar-refractivity contribution in [2.45, 2.75) is 62.8 Å². The molecule has 0 saturated carbocycles. The molecule has 1 aliphatic heterocycles. The van der Waals surface area contributed by atoms with Crippen LogP contribution in [0, 0.1) is 0 Å². The summed E-state index contributed by atoms with van der Waals surface area (Å²) in [6.45, 7) is 7.86. The number of hydrogen-bond acceptors (Lipinski definition) is 7. The van der Waals surface area contributed by atoms with Gasteiger partial charge in [0.25, 0.3) is 0 Å². The van der Waals surface area contributed by atoms with Crippen molar-refractivity contribution in [2.75, 3.05) is 6.54 Å². The number of amides is 1. The summed E-state index contributed by atoms with van der Waals surface area (Å²) in [6.07, 6.45) is 1.05. The summed E-state index contributed by atoms with van der Waals surface area (Å²) in [5.41, 5.74) is 0.769. The molecule has 1 saturated heterocycles. The van der Waals surface area contributed by atoms with Crippen molar-refractivity contribution >= 4 is 21.8 Å². The second-order valence-corrected chi connectivity index (χ2v) is 11.7. The molecule has 1 aliphatic rings. The molecule has 0 bridgehead atoms. The monoisotopic (exact) mass is 510 g/mol. The van der Waals surface area contributed by atoms with Gasteiger partial charge in [0, 0.05) is 12.1 Å². The van der Waals surface area contributed by atoms with E-state index in [2.05, 4.69) is 15.1 Å². The summed E-state index contributed by atoms with van der Waals surface area (Å²) in [5.74, 6) is 1.30. The van der Waals surface area contributed by atoms with Crippen LogP contribution in [-0.4, -0.2) is 47.5 Å². The Bertz CT molecular complexity index is 1340.